The number of hydrogen-bond donors (Lipinski definition) is 2. The Kier molecular flexibility index (Phi) is 6.34. The highest BCUT2D eigenvalue weighted by Gasteiger charge is 2.05. The van der Waals surface area contributed by atoms with Gasteiger partial charge >= 0.3 is 0 Å². The fourth-order valence-corrected chi connectivity index (χ4v) is 1.81. The van der Waals surface area contributed by atoms with Gasteiger partial charge in [0.15, 0.2) is 0 Å². The van der Waals surface area contributed by atoms with Crippen LogP contribution in [0.4, 0.5) is 5.69 Å². The molecular formula is C14H18N2OS. The summed E-state index contributed by atoms with van der Waals surface area (Å²) in [7, 11) is 0. The standard InChI is InChI=1S/C14H18N2OS/c1-11-5-6-13(12(10-11)4-3-8-15)16-14(17)7-9-18-2/h5-6,10H,7-9,15H2,1-2H3,(H,16,17). The molecule has 0 aromatic heterocycles. The van der Waals surface area contributed by atoms with Crippen molar-refractivity contribution in [3.63, 3.8) is 0 Å². The van der Waals surface area contributed by atoms with Crippen LogP contribution in [-0.4, -0.2) is 24.5 Å². The quantitative estimate of drug-likeness (QED) is 0.816. The Balaban J connectivity index is 2.84. The van der Waals surface area contributed by atoms with Crippen LogP contribution in [0.25, 0.3) is 0 Å². The predicted octanol–water partition coefficient (Wildman–Crippen LogP) is 2.00. The summed E-state index contributed by atoms with van der Waals surface area (Å²) >= 11 is 1.66. The third kappa shape index (κ3) is 4.82. The number of hydrogen-bond acceptors (Lipinski definition) is 3. The van der Waals surface area contributed by atoms with Gasteiger partial charge in [0.05, 0.1) is 12.2 Å². The summed E-state index contributed by atoms with van der Waals surface area (Å²) in [4.78, 5) is 11.7. The highest BCUT2D eigenvalue weighted by molar-refractivity contribution is 7.98. The van der Waals surface area contributed by atoms with Crippen LogP contribution in [0.1, 0.15) is 17.5 Å². The van der Waals surface area contributed by atoms with Gasteiger partial charge in [0, 0.05) is 17.7 Å². The van der Waals surface area contributed by atoms with Crippen molar-refractivity contribution in [3.05, 3.63) is 29.3 Å². The SMILES string of the molecule is CSCCC(=O)Nc1ccc(C)cc1C#CCN. The molecule has 0 unspecified atom stereocenters. The zero-order valence-corrected chi connectivity index (χ0v) is 11.6. The molecule has 0 aliphatic rings. The maximum atomic E-state index is 11.7. The second-order valence-electron chi connectivity index (χ2n) is 3.85. The number of carbonyl (C=O) groups excluding carboxylic acids is 1. The summed E-state index contributed by atoms with van der Waals surface area (Å²) in [5.41, 5.74) is 8.05. The largest absolute Gasteiger partial charge is 0.325 e. The minimum absolute atomic E-state index is 0.0176. The van der Waals surface area contributed by atoms with E-state index in [9.17, 15) is 4.79 Å². The molecule has 0 bridgehead atoms. The van der Waals surface area contributed by atoms with Crippen LogP contribution in [0.2, 0.25) is 0 Å². The minimum atomic E-state index is 0.0176. The average molecular weight is 262 g/mol. The molecule has 0 radical (unpaired) electrons. The zero-order valence-electron chi connectivity index (χ0n) is 10.7. The van der Waals surface area contributed by atoms with Crippen LogP contribution in [0.15, 0.2) is 18.2 Å². The third-order valence-electron chi connectivity index (χ3n) is 2.31. The first-order valence-corrected chi connectivity index (χ1v) is 7.15. The lowest BCUT2D eigenvalue weighted by molar-refractivity contribution is -0.115. The zero-order chi connectivity index (χ0) is 13.4. The van der Waals surface area contributed by atoms with Crippen molar-refractivity contribution in [2.75, 3.05) is 23.9 Å². The molecule has 1 aromatic rings. The minimum Gasteiger partial charge on any atom is -0.325 e. The molecule has 0 fully saturated rings. The van der Waals surface area contributed by atoms with E-state index in [4.69, 9.17) is 5.73 Å². The van der Waals surface area contributed by atoms with Crippen molar-refractivity contribution in [3.8, 4) is 11.8 Å². The number of nitrogens with one attached hydrogen (secondary N) is 1. The number of thioether (sulfide) groups is 1. The van der Waals surface area contributed by atoms with Gasteiger partial charge < -0.3 is 11.1 Å². The van der Waals surface area contributed by atoms with Gasteiger partial charge in [0.25, 0.3) is 0 Å². The van der Waals surface area contributed by atoms with Crippen molar-refractivity contribution >= 4 is 23.4 Å². The van der Waals surface area contributed by atoms with Gasteiger partial charge in [0.2, 0.25) is 5.91 Å². The van der Waals surface area contributed by atoms with Crippen molar-refractivity contribution in [1.82, 2.24) is 0 Å². The van der Waals surface area contributed by atoms with E-state index in [-0.39, 0.29) is 5.91 Å². The van der Waals surface area contributed by atoms with Gasteiger partial charge in [-0.15, -0.1) is 0 Å². The number of aryl methyl sites for hydroxylation is 1. The summed E-state index contributed by atoms with van der Waals surface area (Å²) in [6, 6.07) is 5.79. The highest BCUT2D eigenvalue weighted by Crippen LogP contribution is 2.16. The Morgan fingerprint density at radius 1 is 1.50 bits per heavy atom. The van der Waals surface area contributed by atoms with Crippen molar-refractivity contribution in [2.24, 2.45) is 5.73 Å². The van der Waals surface area contributed by atoms with Crippen molar-refractivity contribution in [1.29, 1.82) is 0 Å². The summed E-state index contributed by atoms with van der Waals surface area (Å²) in [6.07, 6.45) is 2.50. The molecule has 0 aliphatic carbocycles. The van der Waals surface area contributed by atoms with Gasteiger partial charge in [-0.3, -0.25) is 4.79 Å². The molecule has 4 heteroatoms. The number of benzene rings is 1. The van der Waals surface area contributed by atoms with Gasteiger partial charge in [-0.05, 0) is 30.9 Å². The van der Waals surface area contributed by atoms with Crippen LogP contribution in [0.3, 0.4) is 0 Å². The van der Waals surface area contributed by atoms with E-state index in [0.29, 0.717) is 13.0 Å². The van der Waals surface area contributed by atoms with Crippen LogP contribution in [-0.2, 0) is 4.79 Å². The van der Waals surface area contributed by atoms with Gasteiger partial charge in [-0.25, -0.2) is 0 Å². The second kappa shape index (κ2) is 7.80. The van der Waals surface area contributed by atoms with Crippen LogP contribution < -0.4 is 11.1 Å². The van der Waals surface area contributed by atoms with Crippen LogP contribution in [0.5, 0.6) is 0 Å². The van der Waals surface area contributed by atoms with E-state index in [1.165, 1.54) is 0 Å². The topological polar surface area (TPSA) is 55.1 Å². The first-order valence-electron chi connectivity index (χ1n) is 5.75. The Labute approximate surface area is 113 Å². The maximum absolute atomic E-state index is 11.7. The molecule has 18 heavy (non-hydrogen) atoms. The monoisotopic (exact) mass is 262 g/mol. The molecule has 1 aromatic carbocycles. The summed E-state index contributed by atoms with van der Waals surface area (Å²) in [6.45, 7) is 2.31. The third-order valence-corrected chi connectivity index (χ3v) is 2.92. The maximum Gasteiger partial charge on any atom is 0.225 e. The Morgan fingerprint density at radius 2 is 2.28 bits per heavy atom. The molecule has 3 N–H and O–H groups in total. The lowest BCUT2D eigenvalue weighted by Gasteiger charge is -2.08. The Morgan fingerprint density at radius 3 is 2.94 bits per heavy atom. The number of amides is 1. The van der Waals surface area contributed by atoms with E-state index in [1.807, 2.05) is 31.4 Å². The molecule has 0 atom stereocenters. The fourth-order valence-electron chi connectivity index (χ4n) is 1.42. The first-order chi connectivity index (χ1) is 8.67. The molecule has 1 rings (SSSR count). The molecule has 3 nitrogen and oxygen atoms in total. The van der Waals surface area contributed by atoms with Crippen molar-refractivity contribution < 1.29 is 4.79 Å². The second-order valence-corrected chi connectivity index (χ2v) is 4.83. The van der Waals surface area contributed by atoms with E-state index in [2.05, 4.69) is 17.2 Å². The summed E-state index contributed by atoms with van der Waals surface area (Å²) in [5, 5.41) is 2.89. The molecule has 0 spiro atoms. The average Bonchev–Trinajstić information content (AvgIpc) is 2.36. The van der Waals surface area contributed by atoms with Crippen LogP contribution >= 0.6 is 11.8 Å². The number of anilines is 1. The normalized spacial score (nSPS) is 9.50. The van der Waals surface area contributed by atoms with Gasteiger partial charge in [0.1, 0.15) is 0 Å². The van der Waals surface area contributed by atoms with Gasteiger partial charge in [-0.2, -0.15) is 11.8 Å². The van der Waals surface area contributed by atoms with E-state index < -0.39 is 0 Å². The predicted molar refractivity (Wildman–Crippen MR) is 78.7 cm³/mol. The lowest BCUT2D eigenvalue weighted by atomic mass is 10.1. The number of rotatable bonds is 4. The molecule has 0 saturated heterocycles. The fraction of sp³-hybridized carbons (Fsp3) is 0.357. The van der Waals surface area contributed by atoms with E-state index >= 15 is 0 Å². The molecule has 0 saturated carbocycles. The van der Waals surface area contributed by atoms with Crippen molar-refractivity contribution in [2.45, 2.75) is 13.3 Å². The number of nitrogens with two attached hydrogens (primary N) is 1. The molecular weight excluding hydrogens is 244 g/mol. The summed E-state index contributed by atoms with van der Waals surface area (Å²) in [5.74, 6) is 6.63. The summed E-state index contributed by atoms with van der Waals surface area (Å²) < 4.78 is 0. The molecule has 0 aliphatic heterocycles. The number of carbonyl (C=O) groups is 1. The first kappa shape index (κ1) is 14.6. The Bertz CT molecular complexity index is 474. The lowest BCUT2D eigenvalue weighted by Crippen LogP contribution is -2.13. The highest BCUT2D eigenvalue weighted by atomic mass is 32.2. The molecule has 0 heterocycles. The van der Waals surface area contributed by atoms with Crippen LogP contribution in [0, 0.1) is 18.8 Å². The Hall–Kier alpha value is -1.44. The molecule has 96 valence electrons. The van der Waals surface area contributed by atoms with E-state index in [0.717, 1.165) is 22.6 Å². The van der Waals surface area contributed by atoms with E-state index in [1.54, 1.807) is 11.8 Å². The molecule has 1 amide bonds. The smallest absolute Gasteiger partial charge is 0.225 e. The van der Waals surface area contributed by atoms with Gasteiger partial charge in [-0.1, -0.05) is 17.9 Å².